The van der Waals surface area contributed by atoms with Crippen molar-refractivity contribution in [1.82, 2.24) is 0 Å². The van der Waals surface area contributed by atoms with Crippen molar-refractivity contribution in [3.63, 3.8) is 0 Å². The number of benzene rings is 1. The van der Waals surface area contributed by atoms with Gasteiger partial charge in [-0.2, -0.15) is 0 Å². The first-order valence-corrected chi connectivity index (χ1v) is 7.20. The van der Waals surface area contributed by atoms with Crippen LogP contribution in [0.4, 0.5) is 4.39 Å². The first-order valence-electron chi connectivity index (χ1n) is 5.70. The van der Waals surface area contributed by atoms with Gasteiger partial charge >= 0.3 is 0 Å². The minimum Gasteiger partial charge on any atom is -0.493 e. The zero-order valence-corrected chi connectivity index (χ0v) is 12.4. The Hall–Kier alpha value is -0.280. The molecule has 0 unspecified atom stereocenters. The molecule has 0 atom stereocenters. The Balaban J connectivity index is 2.68. The van der Waals surface area contributed by atoms with Crippen molar-refractivity contribution in [2.24, 2.45) is 5.41 Å². The molecule has 4 heteroatoms. The predicted octanol–water partition coefficient (Wildman–Crippen LogP) is 5.06. The van der Waals surface area contributed by atoms with Gasteiger partial charge in [-0.05, 0) is 25.0 Å². The van der Waals surface area contributed by atoms with Gasteiger partial charge in [-0.15, -0.1) is 0 Å². The summed E-state index contributed by atoms with van der Waals surface area (Å²) in [5.41, 5.74) is 0.107. The Morgan fingerprint density at radius 1 is 1.35 bits per heavy atom. The summed E-state index contributed by atoms with van der Waals surface area (Å²) in [6.45, 7) is 4.85. The topological polar surface area (TPSA) is 9.23 Å². The van der Waals surface area contributed by atoms with Crippen LogP contribution in [0.1, 0.15) is 26.7 Å². The Bertz CT molecular complexity index is 358. The van der Waals surface area contributed by atoms with E-state index in [0.717, 1.165) is 18.2 Å². The maximum absolute atomic E-state index is 13.2. The van der Waals surface area contributed by atoms with Crippen LogP contribution in [0.25, 0.3) is 0 Å². The normalized spacial score (nSPS) is 11.6. The quantitative estimate of drug-likeness (QED) is 0.665. The summed E-state index contributed by atoms with van der Waals surface area (Å²) < 4.78 is 18.9. The van der Waals surface area contributed by atoms with E-state index in [4.69, 9.17) is 16.3 Å². The van der Waals surface area contributed by atoms with Gasteiger partial charge in [0.2, 0.25) is 0 Å². The minimum atomic E-state index is -0.443. The van der Waals surface area contributed by atoms with Crippen molar-refractivity contribution in [1.29, 1.82) is 0 Å². The van der Waals surface area contributed by atoms with Crippen molar-refractivity contribution >= 4 is 27.5 Å². The molecule has 0 saturated heterocycles. The lowest BCUT2D eigenvalue weighted by molar-refractivity contribution is 0.157. The van der Waals surface area contributed by atoms with E-state index in [1.54, 1.807) is 6.07 Å². The number of hydrogen-bond acceptors (Lipinski definition) is 1. The van der Waals surface area contributed by atoms with Crippen molar-refractivity contribution < 1.29 is 9.13 Å². The Morgan fingerprint density at radius 3 is 2.47 bits per heavy atom. The predicted molar refractivity (Wildman–Crippen MR) is 73.7 cm³/mol. The summed E-state index contributed by atoms with van der Waals surface area (Å²) in [6.07, 6.45) is 2.04. The highest BCUT2D eigenvalue weighted by atomic mass is 79.9. The number of rotatable bonds is 6. The van der Waals surface area contributed by atoms with Crippen LogP contribution in [0, 0.1) is 11.2 Å². The zero-order valence-electron chi connectivity index (χ0n) is 10.1. The molecule has 0 heterocycles. The SMILES string of the molecule is CCC(CC)(CBr)COc1ccc(Cl)c(F)c1. The van der Waals surface area contributed by atoms with E-state index >= 15 is 0 Å². The van der Waals surface area contributed by atoms with Crippen LogP contribution in [0.15, 0.2) is 18.2 Å². The number of alkyl halides is 1. The van der Waals surface area contributed by atoms with Crippen LogP contribution in [0.3, 0.4) is 0 Å². The van der Waals surface area contributed by atoms with Gasteiger partial charge in [0.05, 0.1) is 11.6 Å². The van der Waals surface area contributed by atoms with Gasteiger partial charge in [-0.25, -0.2) is 4.39 Å². The van der Waals surface area contributed by atoms with E-state index in [1.165, 1.54) is 12.1 Å². The molecule has 0 amide bonds. The maximum Gasteiger partial charge on any atom is 0.145 e. The lowest BCUT2D eigenvalue weighted by Crippen LogP contribution is -2.29. The molecule has 0 aliphatic rings. The third kappa shape index (κ3) is 3.85. The third-order valence-electron chi connectivity index (χ3n) is 3.22. The van der Waals surface area contributed by atoms with Gasteiger partial charge in [-0.3, -0.25) is 0 Å². The monoisotopic (exact) mass is 322 g/mol. The highest BCUT2D eigenvalue weighted by molar-refractivity contribution is 9.09. The van der Waals surface area contributed by atoms with Gasteiger partial charge in [0.15, 0.2) is 0 Å². The first kappa shape index (κ1) is 14.8. The van der Waals surface area contributed by atoms with Crippen LogP contribution in [0.2, 0.25) is 5.02 Å². The molecule has 0 saturated carbocycles. The first-order chi connectivity index (χ1) is 8.06. The van der Waals surface area contributed by atoms with E-state index in [2.05, 4.69) is 29.8 Å². The fourth-order valence-corrected chi connectivity index (χ4v) is 2.56. The second-order valence-electron chi connectivity index (χ2n) is 4.21. The van der Waals surface area contributed by atoms with Gasteiger partial charge in [-0.1, -0.05) is 41.4 Å². The summed E-state index contributed by atoms with van der Waals surface area (Å²) in [4.78, 5) is 0. The van der Waals surface area contributed by atoms with Gasteiger partial charge in [0.1, 0.15) is 11.6 Å². The van der Waals surface area contributed by atoms with Crippen molar-refractivity contribution in [2.75, 3.05) is 11.9 Å². The van der Waals surface area contributed by atoms with Crippen molar-refractivity contribution in [2.45, 2.75) is 26.7 Å². The second-order valence-corrected chi connectivity index (χ2v) is 5.17. The minimum absolute atomic E-state index is 0.107. The third-order valence-corrected chi connectivity index (χ3v) is 4.72. The maximum atomic E-state index is 13.2. The fourth-order valence-electron chi connectivity index (χ4n) is 1.48. The smallest absolute Gasteiger partial charge is 0.145 e. The lowest BCUT2D eigenvalue weighted by Gasteiger charge is -2.29. The van der Waals surface area contributed by atoms with Gasteiger partial charge in [0.25, 0.3) is 0 Å². The molecule has 1 rings (SSSR count). The molecular formula is C13H17BrClFO. The number of ether oxygens (including phenoxy) is 1. The summed E-state index contributed by atoms with van der Waals surface area (Å²) in [7, 11) is 0. The van der Waals surface area contributed by atoms with E-state index in [9.17, 15) is 4.39 Å². The summed E-state index contributed by atoms with van der Waals surface area (Å²) in [5.74, 6) is 0.0840. The van der Waals surface area contributed by atoms with E-state index < -0.39 is 5.82 Å². The van der Waals surface area contributed by atoms with Gasteiger partial charge in [0, 0.05) is 16.8 Å². The van der Waals surface area contributed by atoms with Crippen LogP contribution in [0.5, 0.6) is 5.75 Å². The van der Waals surface area contributed by atoms with E-state index in [0.29, 0.717) is 12.4 Å². The molecule has 0 aliphatic heterocycles. The highest BCUT2D eigenvalue weighted by Crippen LogP contribution is 2.30. The van der Waals surface area contributed by atoms with Crippen LogP contribution >= 0.6 is 27.5 Å². The van der Waals surface area contributed by atoms with Crippen LogP contribution < -0.4 is 4.74 Å². The molecule has 1 nitrogen and oxygen atoms in total. The van der Waals surface area contributed by atoms with Crippen molar-refractivity contribution in [3.8, 4) is 5.75 Å². The Labute approximate surface area is 115 Å². The highest BCUT2D eigenvalue weighted by Gasteiger charge is 2.25. The molecule has 0 N–H and O–H groups in total. The van der Waals surface area contributed by atoms with Gasteiger partial charge < -0.3 is 4.74 Å². The average molecular weight is 324 g/mol. The molecule has 0 spiro atoms. The molecule has 1 aromatic rings. The molecule has 96 valence electrons. The van der Waals surface area contributed by atoms with Crippen molar-refractivity contribution in [3.05, 3.63) is 29.0 Å². The summed E-state index contributed by atoms with van der Waals surface area (Å²) in [6, 6.07) is 4.53. The molecular weight excluding hydrogens is 306 g/mol. The van der Waals surface area contributed by atoms with E-state index in [1.807, 2.05) is 0 Å². The Morgan fingerprint density at radius 2 is 2.00 bits per heavy atom. The van der Waals surface area contributed by atoms with Crippen LogP contribution in [-0.2, 0) is 0 Å². The molecule has 1 aromatic carbocycles. The summed E-state index contributed by atoms with van der Waals surface area (Å²) >= 11 is 9.13. The molecule has 0 radical (unpaired) electrons. The standard InChI is InChI=1S/C13H17BrClFO/c1-3-13(4-2,8-14)9-17-10-5-6-11(15)12(16)7-10/h5-7H,3-4,8-9H2,1-2H3. The molecule has 0 aliphatic carbocycles. The largest absolute Gasteiger partial charge is 0.493 e. The zero-order chi connectivity index (χ0) is 12.9. The van der Waals surface area contributed by atoms with Crippen LogP contribution in [-0.4, -0.2) is 11.9 Å². The molecule has 17 heavy (non-hydrogen) atoms. The second kappa shape index (κ2) is 6.60. The molecule has 0 bridgehead atoms. The lowest BCUT2D eigenvalue weighted by atomic mass is 9.86. The number of halogens is 3. The molecule has 0 fully saturated rings. The van der Waals surface area contributed by atoms with E-state index in [-0.39, 0.29) is 10.4 Å². The fraction of sp³-hybridized carbons (Fsp3) is 0.538. The molecule has 0 aromatic heterocycles. The number of hydrogen-bond donors (Lipinski definition) is 0. The Kier molecular flexibility index (Phi) is 5.74. The average Bonchev–Trinajstić information content (AvgIpc) is 2.36. The summed E-state index contributed by atoms with van der Waals surface area (Å²) in [5, 5.41) is 0.998.